The summed E-state index contributed by atoms with van der Waals surface area (Å²) in [6, 6.07) is 5.60. The van der Waals surface area contributed by atoms with Gasteiger partial charge in [0.1, 0.15) is 0 Å². The second-order valence-corrected chi connectivity index (χ2v) is 5.48. The Hall–Kier alpha value is -1.07. The number of urea groups is 1. The maximum Gasteiger partial charge on any atom is 0.322 e. The third-order valence-electron chi connectivity index (χ3n) is 3.29. The Balaban J connectivity index is 2.09. The smallest absolute Gasteiger partial charge is 0.322 e. The number of benzene rings is 1. The minimum atomic E-state index is -0.132. The molecule has 1 heterocycles. The van der Waals surface area contributed by atoms with Gasteiger partial charge in [0, 0.05) is 16.7 Å². The van der Waals surface area contributed by atoms with Gasteiger partial charge in [-0.15, -0.1) is 0 Å². The standard InChI is InChI=1S/C13H17BrN2O2/c1-9-4-5-10(14)7-12(9)15-13(18)16-6-2-3-11(16)8-17/h4-5,7,11,17H,2-3,6,8H2,1H3,(H,15,18)/t11-/m0/s1. The lowest BCUT2D eigenvalue weighted by Gasteiger charge is -2.23. The summed E-state index contributed by atoms with van der Waals surface area (Å²) in [7, 11) is 0. The minimum absolute atomic E-state index is 0.0326. The van der Waals surface area contributed by atoms with Gasteiger partial charge in [0.15, 0.2) is 0 Å². The monoisotopic (exact) mass is 312 g/mol. The molecule has 0 saturated carbocycles. The first kappa shape index (κ1) is 13.4. The SMILES string of the molecule is Cc1ccc(Br)cc1NC(=O)N1CCC[C@H]1CO. The number of aliphatic hydroxyl groups is 1. The van der Waals surface area contributed by atoms with Gasteiger partial charge in [0.25, 0.3) is 0 Å². The number of aryl methyl sites for hydroxylation is 1. The molecule has 2 amide bonds. The quantitative estimate of drug-likeness (QED) is 0.882. The molecule has 0 unspecified atom stereocenters. The highest BCUT2D eigenvalue weighted by molar-refractivity contribution is 9.10. The van der Waals surface area contributed by atoms with E-state index in [2.05, 4.69) is 21.2 Å². The molecule has 0 aromatic heterocycles. The third-order valence-corrected chi connectivity index (χ3v) is 3.78. The molecule has 1 aromatic rings. The fraction of sp³-hybridized carbons (Fsp3) is 0.462. The molecule has 2 rings (SSSR count). The Morgan fingerprint density at radius 3 is 3.11 bits per heavy atom. The maximum atomic E-state index is 12.1. The summed E-state index contributed by atoms with van der Waals surface area (Å²) in [5.74, 6) is 0. The van der Waals surface area contributed by atoms with Crippen LogP contribution in [0.2, 0.25) is 0 Å². The van der Waals surface area contributed by atoms with Crippen molar-refractivity contribution < 1.29 is 9.90 Å². The number of carbonyl (C=O) groups is 1. The number of nitrogens with zero attached hydrogens (tertiary/aromatic N) is 1. The molecule has 1 aromatic carbocycles. The van der Waals surface area contributed by atoms with E-state index in [1.165, 1.54) is 0 Å². The number of aliphatic hydroxyl groups excluding tert-OH is 1. The Labute approximate surface area is 115 Å². The van der Waals surface area contributed by atoms with E-state index in [0.717, 1.165) is 28.6 Å². The number of anilines is 1. The molecule has 1 aliphatic rings. The summed E-state index contributed by atoms with van der Waals surface area (Å²) < 4.78 is 0.934. The van der Waals surface area contributed by atoms with Gasteiger partial charge in [0.2, 0.25) is 0 Å². The predicted molar refractivity (Wildman–Crippen MR) is 74.7 cm³/mol. The largest absolute Gasteiger partial charge is 0.394 e. The minimum Gasteiger partial charge on any atom is -0.394 e. The Morgan fingerprint density at radius 2 is 2.39 bits per heavy atom. The summed E-state index contributed by atoms with van der Waals surface area (Å²) in [5, 5.41) is 12.1. The van der Waals surface area contributed by atoms with Gasteiger partial charge in [-0.1, -0.05) is 22.0 Å². The molecule has 4 nitrogen and oxygen atoms in total. The number of hydrogen-bond acceptors (Lipinski definition) is 2. The van der Waals surface area contributed by atoms with Crippen LogP contribution in [0, 0.1) is 6.92 Å². The van der Waals surface area contributed by atoms with E-state index in [0.29, 0.717) is 6.54 Å². The number of rotatable bonds is 2. The van der Waals surface area contributed by atoms with E-state index in [4.69, 9.17) is 0 Å². The lowest BCUT2D eigenvalue weighted by molar-refractivity contribution is 0.166. The van der Waals surface area contributed by atoms with Crippen molar-refractivity contribution in [2.45, 2.75) is 25.8 Å². The number of halogens is 1. The zero-order chi connectivity index (χ0) is 13.1. The molecule has 0 spiro atoms. The summed E-state index contributed by atoms with van der Waals surface area (Å²) in [6.45, 7) is 2.70. The third kappa shape index (κ3) is 2.84. The van der Waals surface area contributed by atoms with Crippen LogP contribution in [-0.4, -0.2) is 35.2 Å². The number of likely N-dealkylation sites (tertiary alicyclic amines) is 1. The van der Waals surface area contributed by atoms with E-state index in [1.54, 1.807) is 4.90 Å². The van der Waals surface area contributed by atoms with Crippen LogP contribution >= 0.6 is 15.9 Å². The Bertz CT molecular complexity index is 451. The van der Waals surface area contributed by atoms with Gasteiger partial charge >= 0.3 is 6.03 Å². The highest BCUT2D eigenvalue weighted by Gasteiger charge is 2.28. The molecule has 0 aliphatic carbocycles. The normalized spacial score (nSPS) is 19.1. The molecule has 0 bridgehead atoms. The molecule has 1 saturated heterocycles. The predicted octanol–water partition coefficient (Wildman–Crippen LogP) is 2.75. The molecular formula is C13H17BrN2O2. The van der Waals surface area contributed by atoms with E-state index >= 15 is 0 Å². The average Bonchev–Trinajstić information content (AvgIpc) is 2.82. The zero-order valence-corrected chi connectivity index (χ0v) is 11.9. The highest BCUT2D eigenvalue weighted by Crippen LogP contribution is 2.23. The van der Waals surface area contributed by atoms with Crippen LogP contribution in [0.5, 0.6) is 0 Å². The van der Waals surface area contributed by atoms with Crippen molar-refractivity contribution in [3.8, 4) is 0 Å². The number of hydrogen-bond donors (Lipinski definition) is 2. The Kier molecular flexibility index (Phi) is 4.24. The van der Waals surface area contributed by atoms with Crippen LogP contribution in [0.25, 0.3) is 0 Å². The van der Waals surface area contributed by atoms with Crippen molar-refractivity contribution in [2.75, 3.05) is 18.5 Å². The summed E-state index contributed by atoms with van der Waals surface area (Å²) >= 11 is 3.39. The van der Waals surface area contributed by atoms with E-state index in [-0.39, 0.29) is 18.7 Å². The molecule has 1 atom stereocenters. The molecule has 0 radical (unpaired) electrons. The number of amides is 2. The van der Waals surface area contributed by atoms with Crippen LogP contribution in [0.1, 0.15) is 18.4 Å². The molecule has 1 aliphatic heterocycles. The molecule has 18 heavy (non-hydrogen) atoms. The van der Waals surface area contributed by atoms with Crippen LogP contribution in [0.3, 0.4) is 0 Å². The second-order valence-electron chi connectivity index (χ2n) is 4.56. The van der Waals surface area contributed by atoms with Gasteiger partial charge < -0.3 is 15.3 Å². The van der Waals surface area contributed by atoms with Crippen LogP contribution in [0.4, 0.5) is 10.5 Å². The molecule has 98 valence electrons. The lowest BCUT2D eigenvalue weighted by Crippen LogP contribution is -2.40. The first-order chi connectivity index (χ1) is 8.61. The van der Waals surface area contributed by atoms with Crippen LogP contribution < -0.4 is 5.32 Å². The van der Waals surface area contributed by atoms with Crippen molar-refractivity contribution in [1.82, 2.24) is 4.90 Å². The fourth-order valence-corrected chi connectivity index (χ4v) is 2.57. The summed E-state index contributed by atoms with van der Waals surface area (Å²) in [6.07, 6.45) is 1.83. The van der Waals surface area contributed by atoms with Crippen molar-refractivity contribution >= 4 is 27.6 Å². The first-order valence-electron chi connectivity index (χ1n) is 6.06. The average molecular weight is 313 g/mol. The van der Waals surface area contributed by atoms with Crippen molar-refractivity contribution in [1.29, 1.82) is 0 Å². The van der Waals surface area contributed by atoms with Gasteiger partial charge in [0.05, 0.1) is 12.6 Å². The fourth-order valence-electron chi connectivity index (χ4n) is 2.21. The van der Waals surface area contributed by atoms with Crippen LogP contribution in [0.15, 0.2) is 22.7 Å². The van der Waals surface area contributed by atoms with Crippen molar-refractivity contribution in [3.05, 3.63) is 28.2 Å². The van der Waals surface area contributed by atoms with Crippen LogP contribution in [-0.2, 0) is 0 Å². The molecular weight excluding hydrogens is 296 g/mol. The maximum absolute atomic E-state index is 12.1. The Morgan fingerprint density at radius 1 is 1.61 bits per heavy atom. The van der Waals surface area contributed by atoms with Crippen molar-refractivity contribution in [2.24, 2.45) is 0 Å². The zero-order valence-electron chi connectivity index (χ0n) is 10.3. The van der Waals surface area contributed by atoms with Gasteiger partial charge in [-0.2, -0.15) is 0 Å². The second kappa shape index (κ2) is 5.71. The topological polar surface area (TPSA) is 52.6 Å². The van der Waals surface area contributed by atoms with E-state index < -0.39 is 0 Å². The first-order valence-corrected chi connectivity index (χ1v) is 6.85. The van der Waals surface area contributed by atoms with Gasteiger partial charge in [-0.3, -0.25) is 0 Å². The summed E-state index contributed by atoms with van der Waals surface area (Å²) in [5.41, 5.74) is 1.82. The molecule has 1 fully saturated rings. The number of carbonyl (C=O) groups excluding carboxylic acids is 1. The molecule has 5 heteroatoms. The highest BCUT2D eigenvalue weighted by atomic mass is 79.9. The number of nitrogens with one attached hydrogen (secondary N) is 1. The van der Waals surface area contributed by atoms with E-state index in [1.807, 2.05) is 25.1 Å². The molecule has 2 N–H and O–H groups in total. The van der Waals surface area contributed by atoms with Gasteiger partial charge in [-0.05, 0) is 37.5 Å². The summed E-state index contributed by atoms with van der Waals surface area (Å²) in [4.78, 5) is 13.8. The lowest BCUT2D eigenvalue weighted by atomic mass is 10.2. The van der Waals surface area contributed by atoms with E-state index in [9.17, 15) is 9.90 Å². The van der Waals surface area contributed by atoms with Gasteiger partial charge in [-0.25, -0.2) is 4.79 Å². The van der Waals surface area contributed by atoms with Crippen molar-refractivity contribution in [3.63, 3.8) is 0 Å².